The highest BCUT2D eigenvalue weighted by Crippen LogP contribution is 2.23. The van der Waals surface area contributed by atoms with Gasteiger partial charge >= 0.3 is 30.3 Å². The first-order valence-corrected chi connectivity index (χ1v) is 11.4. The lowest BCUT2D eigenvalue weighted by Gasteiger charge is -2.15. The standard InChI is InChI=1S/C17H23N3O3S.2C2HF3O2/c1-3-20-11-14(17(22)23)16(21)13-10-12(4-5-15(13)20)24-9-8-19(2)7-6-18;2*3-2(4,5)1(6)7/h4-5,10-11H,3,6-9,18H2,1-2H3,(H,22,23);2*(H,6,7). The van der Waals surface area contributed by atoms with Crippen LogP contribution >= 0.6 is 11.8 Å². The first kappa shape index (κ1) is 34.7. The van der Waals surface area contributed by atoms with Crippen LogP contribution in [0.15, 0.2) is 34.1 Å². The van der Waals surface area contributed by atoms with Crippen LogP contribution in [0.3, 0.4) is 0 Å². The molecule has 1 aromatic heterocycles. The van der Waals surface area contributed by atoms with Crippen molar-refractivity contribution in [2.75, 3.05) is 32.4 Å². The fourth-order valence-electron chi connectivity index (χ4n) is 2.53. The second-order valence-electron chi connectivity index (χ2n) is 7.19. The van der Waals surface area contributed by atoms with Gasteiger partial charge in [0, 0.05) is 48.4 Å². The fraction of sp³-hybridized carbons (Fsp3) is 0.429. The number of carboxylic acids is 3. The van der Waals surface area contributed by atoms with Gasteiger partial charge in [0.25, 0.3) is 0 Å². The third kappa shape index (κ3) is 11.8. The minimum absolute atomic E-state index is 0.186. The van der Waals surface area contributed by atoms with Crippen LogP contribution in [0.5, 0.6) is 0 Å². The van der Waals surface area contributed by atoms with Crippen molar-refractivity contribution in [2.45, 2.75) is 30.7 Å². The van der Waals surface area contributed by atoms with Crippen molar-refractivity contribution in [1.82, 2.24) is 9.47 Å². The van der Waals surface area contributed by atoms with Gasteiger partial charge in [-0.05, 0) is 32.2 Å². The molecule has 0 bridgehead atoms. The molecular formula is C21H25F6N3O7S. The van der Waals surface area contributed by atoms with Crippen molar-refractivity contribution in [3.63, 3.8) is 0 Å². The van der Waals surface area contributed by atoms with Gasteiger partial charge in [-0.3, -0.25) is 4.79 Å². The predicted molar refractivity (Wildman–Crippen MR) is 125 cm³/mol. The number of halogens is 6. The maximum Gasteiger partial charge on any atom is 0.490 e. The van der Waals surface area contributed by atoms with Crippen LogP contribution in [-0.4, -0.2) is 87.5 Å². The number of carboxylic acid groups (broad SMARTS) is 3. The van der Waals surface area contributed by atoms with E-state index in [1.165, 1.54) is 6.20 Å². The van der Waals surface area contributed by atoms with Gasteiger partial charge in [-0.1, -0.05) is 0 Å². The Hall–Kier alpha value is -3.31. The Morgan fingerprint density at radius 2 is 1.50 bits per heavy atom. The summed E-state index contributed by atoms with van der Waals surface area (Å²) >= 11 is 1.65. The number of nitrogens with two attached hydrogens (primary N) is 1. The van der Waals surface area contributed by atoms with Gasteiger partial charge in [0.05, 0.1) is 5.52 Å². The number of aromatic carboxylic acids is 1. The topological polar surface area (TPSA) is 163 Å². The smallest absolute Gasteiger partial charge is 0.477 e. The lowest BCUT2D eigenvalue weighted by molar-refractivity contribution is -0.193. The van der Waals surface area contributed by atoms with Crippen molar-refractivity contribution in [3.05, 3.63) is 40.2 Å². The first-order chi connectivity index (χ1) is 17.4. The molecule has 0 fully saturated rings. The van der Waals surface area contributed by atoms with Gasteiger partial charge < -0.3 is 30.5 Å². The molecule has 0 unspecified atom stereocenters. The number of hydrogen-bond acceptors (Lipinski definition) is 7. The fourth-order valence-corrected chi connectivity index (χ4v) is 3.54. The maximum atomic E-state index is 12.4. The normalized spacial score (nSPS) is 11.3. The van der Waals surface area contributed by atoms with Crippen molar-refractivity contribution < 1.29 is 56.0 Å². The zero-order valence-electron chi connectivity index (χ0n) is 20.0. The van der Waals surface area contributed by atoms with Crippen LogP contribution in [0.2, 0.25) is 0 Å². The number of fused-ring (bicyclic) bond motifs is 1. The number of pyridine rings is 1. The van der Waals surface area contributed by atoms with Gasteiger partial charge in [-0.15, -0.1) is 11.8 Å². The third-order valence-corrected chi connectivity index (χ3v) is 5.33. The van der Waals surface area contributed by atoms with E-state index in [-0.39, 0.29) is 5.56 Å². The van der Waals surface area contributed by atoms with Crippen molar-refractivity contribution in [1.29, 1.82) is 0 Å². The highest BCUT2D eigenvalue weighted by molar-refractivity contribution is 7.99. The minimum atomic E-state index is -5.08. The van der Waals surface area contributed by atoms with Crippen LogP contribution in [0.1, 0.15) is 17.3 Å². The largest absolute Gasteiger partial charge is 0.490 e. The monoisotopic (exact) mass is 577 g/mol. The first-order valence-electron chi connectivity index (χ1n) is 10.4. The number of hydrogen-bond donors (Lipinski definition) is 4. The van der Waals surface area contributed by atoms with Gasteiger partial charge in [-0.25, -0.2) is 14.4 Å². The summed E-state index contributed by atoms with van der Waals surface area (Å²) in [6.45, 7) is 4.90. The van der Waals surface area contributed by atoms with E-state index >= 15 is 0 Å². The van der Waals surface area contributed by atoms with Gasteiger partial charge in [0.1, 0.15) is 5.56 Å². The van der Waals surface area contributed by atoms with Gasteiger partial charge in [-0.2, -0.15) is 26.3 Å². The molecule has 0 saturated heterocycles. The van der Waals surface area contributed by atoms with E-state index in [9.17, 15) is 41.0 Å². The van der Waals surface area contributed by atoms with E-state index in [1.54, 1.807) is 22.4 Å². The average Bonchev–Trinajstić information content (AvgIpc) is 2.79. The van der Waals surface area contributed by atoms with Crippen LogP contribution in [0.25, 0.3) is 10.9 Å². The number of nitrogens with zero attached hydrogens (tertiary/aromatic N) is 2. The van der Waals surface area contributed by atoms with Crippen LogP contribution < -0.4 is 11.2 Å². The molecule has 1 heterocycles. The molecule has 0 amide bonds. The van der Waals surface area contributed by atoms with E-state index in [4.69, 9.17) is 25.5 Å². The molecule has 2 rings (SSSR count). The minimum Gasteiger partial charge on any atom is -0.477 e. The number of benzene rings is 1. The van der Waals surface area contributed by atoms with E-state index in [2.05, 4.69) is 4.90 Å². The molecule has 214 valence electrons. The Balaban J connectivity index is 0.000000804. The van der Waals surface area contributed by atoms with Gasteiger partial charge in [0.2, 0.25) is 5.43 Å². The van der Waals surface area contributed by atoms with Crippen LogP contribution in [0.4, 0.5) is 26.3 Å². The third-order valence-electron chi connectivity index (χ3n) is 4.36. The Kier molecular flexibility index (Phi) is 13.9. The molecule has 0 spiro atoms. The Morgan fingerprint density at radius 3 is 1.89 bits per heavy atom. The van der Waals surface area contributed by atoms with E-state index in [1.807, 2.05) is 26.1 Å². The molecule has 0 aliphatic rings. The highest BCUT2D eigenvalue weighted by atomic mass is 32.2. The molecule has 17 heteroatoms. The van der Waals surface area contributed by atoms with E-state index < -0.39 is 35.7 Å². The van der Waals surface area contributed by atoms with E-state index in [0.29, 0.717) is 18.5 Å². The number of aromatic nitrogens is 1. The van der Waals surface area contributed by atoms with Gasteiger partial charge in [0.15, 0.2) is 0 Å². The average molecular weight is 578 g/mol. The molecule has 0 aliphatic carbocycles. The van der Waals surface area contributed by atoms with Crippen LogP contribution in [-0.2, 0) is 16.1 Å². The summed E-state index contributed by atoms with van der Waals surface area (Å²) in [7, 11) is 2.02. The van der Waals surface area contributed by atoms with Crippen molar-refractivity contribution in [3.8, 4) is 0 Å². The molecule has 0 atom stereocenters. The maximum absolute atomic E-state index is 12.4. The molecule has 0 saturated carbocycles. The number of carbonyl (C=O) groups is 3. The molecule has 0 aliphatic heterocycles. The highest BCUT2D eigenvalue weighted by Gasteiger charge is 2.38. The predicted octanol–water partition coefficient (Wildman–Crippen LogP) is 2.97. The molecule has 0 radical (unpaired) electrons. The summed E-state index contributed by atoms with van der Waals surface area (Å²) in [6.07, 6.45) is -8.75. The van der Waals surface area contributed by atoms with Crippen molar-refractivity contribution in [2.24, 2.45) is 5.73 Å². The summed E-state index contributed by atoms with van der Waals surface area (Å²) in [6, 6.07) is 5.66. The number of thioether (sulfide) groups is 1. The van der Waals surface area contributed by atoms with E-state index in [0.717, 1.165) is 29.3 Å². The second-order valence-corrected chi connectivity index (χ2v) is 8.36. The summed E-state index contributed by atoms with van der Waals surface area (Å²) in [5.74, 6) is -5.83. The number of aliphatic carboxylic acids is 2. The summed E-state index contributed by atoms with van der Waals surface area (Å²) < 4.78 is 65.3. The van der Waals surface area contributed by atoms with Crippen molar-refractivity contribution >= 4 is 40.6 Å². The molecular weight excluding hydrogens is 552 g/mol. The summed E-state index contributed by atoms with van der Waals surface area (Å²) in [5.41, 5.74) is 5.67. The Morgan fingerprint density at radius 1 is 1.00 bits per heavy atom. The SMILES string of the molecule is CCn1cc(C(=O)O)c(=O)c2cc(SCCN(C)CCN)ccc21.O=C(O)C(F)(F)F.O=C(O)C(F)(F)F. The summed E-state index contributed by atoms with van der Waals surface area (Å²) in [5, 5.41) is 23.9. The summed E-state index contributed by atoms with van der Waals surface area (Å²) in [4.78, 5) is 44.6. The number of likely N-dealkylation sites (N-methyl/N-ethyl adjacent to an activating group) is 1. The molecule has 5 N–H and O–H groups in total. The molecule has 38 heavy (non-hydrogen) atoms. The quantitative estimate of drug-likeness (QED) is 0.271. The molecule has 10 nitrogen and oxygen atoms in total. The molecule has 1 aromatic carbocycles. The Bertz CT molecular complexity index is 1140. The number of aryl methyl sites for hydroxylation is 1. The molecule has 2 aromatic rings. The lowest BCUT2D eigenvalue weighted by Crippen LogP contribution is -2.27. The van der Waals surface area contributed by atoms with Crippen LogP contribution in [0, 0.1) is 0 Å². The zero-order valence-corrected chi connectivity index (χ0v) is 20.8. The second kappa shape index (κ2) is 15.2. The number of alkyl halides is 6. The zero-order chi connectivity index (χ0) is 29.8. The lowest BCUT2D eigenvalue weighted by atomic mass is 10.1. The Labute approximate surface area is 215 Å². The number of rotatable bonds is 8.